The van der Waals surface area contributed by atoms with Gasteiger partial charge in [0.25, 0.3) is 0 Å². The molecule has 0 saturated carbocycles. The van der Waals surface area contributed by atoms with Gasteiger partial charge in [0.2, 0.25) is 0 Å². The lowest BCUT2D eigenvalue weighted by Gasteiger charge is -2.31. The minimum Gasteiger partial charge on any atom is -0.367 e. The maximum absolute atomic E-state index is 6.25. The Balaban J connectivity index is 1.89. The fourth-order valence-corrected chi connectivity index (χ4v) is 3.15. The van der Waals surface area contributed by atoms with E-state index < -0.39 is 0 Å². The molecule has 2 nitrogen and oxygen atoms in total. The summed E-state index contributed by atoms with van der Waals surface area (Å²) >= 11 is 12.1. The minimum atomic E-state index is 0.438. The van der Waals surface area contributed by atoms with Gasteiger partial charge in [-0.2, -0.15) is 0 Å². The van der Waals surface area contributed by atoms with Crippen molar-refractivity contribution < 1.29 is 0 Å². The molecule has 0 unspecified atom stereocenters. The zero-order valence-corrected chi connectivity index (χ0v) is 12.9. The lowest BCUT2D eigenvalue weighted by Crippen LogP contribution is -2.29. The van der Waals surface area contributed by atoms with Gasteiger partial charge in [0.05, 0.1) is 5.02 Å². The summed E-state index contributed by atoms with van der Waals surface area (Å²) in [5.74, 6) is 0. The standard InChI is InChI=1S/C16H16Cl2N2/c1-11-4-5-15-12(7-11)3-2-6-20(15)10-13-9-19-16(18)8-14(13)17/h4-5,7-9H,2-3,6,10H2,1H3. The van der Waals surface area contributed by atoms with Crippen LogP contribution in [0.5, 0.6) is 0 Å². The van der Waals surface area contributed by atoms with Crippen LogP contribution >= 0.6 is 23.2 Å². The average Bonchev–Trinajstić information content (AvgIpc) is 2.41. The second-order valence-electron chi connectivity index (χ2n) is 5.26. The van der Waals surface area contributed by atoms with Gasteiger partial charge >= 0.3 is 0 Å². The van der Waals surface area contributed by atoms with E-state index in [1.807, 2.05) is 0 Å². The molecule has 1 aliphatic rings. The van der Waals surface area contributed by atoms with Crippen molar-refractivity contribution in [3.63, 3.8) is 0 Å². The summed E-state index contributed by atoms with van der Waals surface area (Å²) in [6.45, 7) is 3.97. The first kappa shape index (κ1) is 13.7. The highest BCUT2D eigenvalue weighted by Crippen LogP contribution is 2.30. The second kappa shape index (κ2) is 5.63. The number of fused-ring (bicyclic) bond motifs is 1. The molecule has 104 valence electrons. The molecule has 0 bridgehead atoms. The number of aromatic nitrogens is 1. The van der Waals surface area contributed by atoms with Crippen molar-refractivity contribution >= 4 is 28.9 Å². The largest absolute Gasteiger partial charge is 0.367 e. The number of anilines is 1. The maximum Gasteiger partial charge on any atom is 0.130 e. The van der Waals surface area contributed by atoms with Crippen LogP contribution < -0.4 is 4.90 Å². The van der Waals surface area contributed by atoms with Crippen molar-refractivity contribution in [1.82, 2.24) is 4.98 Å². The van der Waals surface area contributed by atoms with Crippen molar-refractivity contribution in [2.75, 3.05) is 11.4 Å². The highest BCUT2D eigenvalue weighted by Gasteiger charge is 2.18. The first-order valence-corrected chi connectivity index (χ1v) is 7.53. The molecule has 0 radical (unpaired) electrons. The van der Waals surface area contributed by atoms with Crippen molar-refractivity contribution in [1.29, 1.82) is 0 Å². The molecule has 2 heterocycles. The lowest BCUT2D eigenvalue weighted by atomic mass is 9.99. The van der Waals surface area contributed by atoms with Crippen LogP contribution in [0.4, 0.5) is 5.69 Å². The van der Waals surface area contributed by atoms with Crippen LogP contribution in [0.25, 0.3) is 0 Å². The number of nitrogens with zero attached hydrogens (tertiary/aromatic N) is 2. The van der Waals surface area contributed by atoms with E-state index in [9.17, 15) is 0 Å². The minimum absolute atomic E-state index is 0.438. The van der Waals surface area contributed by atoms with Crippen molar-refractivity contribution in [2.24, 2.45) is 0 Å². The summed E-state index contributed by atoms with van der Waals surface area (Å²) in [6.07, 6.45) is 4.10. The maximum atomic E-state index is 6.25. The molecule has 0 spiro atoms. The van der Waals surface area contributed by atoms with Gasteiger partial charge < -0.3 is 4.90 Å². The third-order valence-electron chi connectivity index (χ3n) is 3.71. The Hall–Kier alpha value is -1.25. The van der Waals surface area contributed by atoms with Gasteiger partial charge in [-0.25, -0.2) is 4.98 Å². The van der Waals surface area contributed by atoms with E-state index in [2.05, 4.69) is 35.0 Å². The van der Waals surface area contributed by atoms with Crippen LogP contribution in [0, 0.1) is 6.92 Å². The van der Waals surface area contributed by atoms with Gasteiger partial charge in [-0.3, -0.25) is 0 Å². The van der Waals surface area contributed by atoms with Gasteiger partial charge in [-0.1, -0.05) is 40.9 Å². The van der Waals surface area contributed by atoms with Gasteiger partial charge in [0.1, 0.15) is 5.15 Å². The predicted octanol–water partition coefficient (Wildman–Crippen LogP) is 4.65. The normalized spacial score (nSPS) is 14.2. The Morgan fingerprint density at radius 2 is 2.10 bits per heavy atom. The molecular formula is C16H16Cl2N2. The van der Waals surface area contributed by atoms with Crippen molar-refractivity contribution in [3.8, 4) is 0 Å². The number of benzene rings is 1. The molecular weight excluding hydrogens is 291 g/mol. The first-order chi connectivity index (χ1) is 9.63. The predicted molar refractivity (Wildman–Crippen MR) is 84.8 cm³/mol. The molecule has 20 heavy (non-hydrogen) atoms. The number of halogens is 2. The molecule has 2 aromatic rings. The molecule has 1 aliphatic heterocycles. The quantitative estimate of drug-likeness (QED) is 0.751. The van der Waals surface area contributed by atoms with Crippen molar-refractivity contribution in [3.05, 3.63) is 57.3 Å². The van der Waals surface area contributed by atoms with Crippen LogP contribution in [-0.4, -0.2) is 11.5 Å². The van der Waals surface area contributed by atoms with Crippen molar-refractivity contribution in [2.45, 2.75) is 26.3 Å². The van der Waals surface area contributed by atoms with Gasteiger partial charge in [-0.15, -0.1) is 0 Å². The van der Waals surface area contributed by atoms with E-state index in [-0.39, 0.29) is 0 Å². The Morgan fingerprint density at radius 3 is 2.90 bits per heavy atom. The van der Waals surface area contributed by atoms with Crippen LogP contribution in [0.3, 0.4) is 0 Å². The summed E-state index contributed by atoms with van der Waals surface area (Å²) in [5.41, 5.74) is 5.07. The number of pyridine rings is 1. The molecule has 0 aliphatic carbocycles. The summed E-state index contributed by atoms with van der Waals surface area (Å²) < 4.78 is 0. The van der Waals surface area contributed by atoms with E-state index in [1.165, 1.54) is 23.2 Å². The van der Waals surface area contributed by atoms with Gasteiger partial charge in [0, 0.05) is 30.5 Å². The van der Waals surface area contributed by atoms with E-state index in [0.717, 1.165) is 25.1 Å². The second-order valence-corrected chi connectivity index (χ2v) is 6.05. The third-order valence-corrected chi connectivity index (χ3v) is 4.27. The van der Waals surface area contributed by atoms with Crippen LogP contribution in [-0.2, 0) is 13.0 Å². The molecule has 0 N–H and O–H groups in total. The zero-order valence-electron chi connectivity index (χ0n) is 11.4. The number of hydrogen-bond donors (Lipinski definition) is 0. The molecule has 0 atom stereocenters. The fraction of sp³-hybridized carbons (Fsp3) is 0.312. The van der Waals surface area contributed by atoms with E-state index in [1.54, 1.807) is 12.3 Å². The van der Waals surface area contributed by atoms with E-state index in [0.29, 0.717) is 10.2 Å². The van der Waals surface area contributed by atoms with Gasteiger partial charge in [-0.05, 0) is 37.5 Å². The summed E-state index contributed by atoms with van der Waals surface area (Å²) in [5, 5.41) is 1.12. The van der Waals surface area contributed by atoms with Crippen LogP contribution in [0.15, 0.2) is 30.5 Å². The topological polar surface area (TPSA) is 16.1 Å². The monoisotopic (exact) mass is 306 g/mol. The lowest BCUT2D eigenvalue weighted by molar-refractivity contribution is 0.690. The fourth-order valence-electron chi connectivity index (χ4n) is 2.73. The molecule has 0 amide bonds. The Morgan fingerprint density at radius 1 is 1.25 bits per heavy atom. The molecule has 0 fully saturated rings. The smallest absolute Gasteiger partial charge is 0.130 e. The summed E-state index contributed by atoms with van der Waals surface area (Å²) in [4.78, 5) is 6.50. The summed E-state index contributed by atoms with van der Waals surface area (Å²) in [7, 11) is 0. The zero-order chi connectivity index (χ0) is 14.1. The molecule has 4 heteroatoms. The van der Waals surface area contributed by atoms with E-state index in [4.69, 9.17) is 23.2 Å². The number of hydrogen-bond acceptors (Lipinski definition) is 2. The molecule has 1 aromatic heterocycles. The number of aryl methyl sites for hydroxylation is 2. The Labute approximate surface area is 129 Å². The highest BCUT2D eigenvalue weighted by atomic mass is 35.5. The first-order valence-electron chi connectivity index (χ1n) is 6.78. The highest BCUT2D eigenvalue weighted by molar-refractivity contribution is 6.34. The SMILES string of the molecule is Cc1ccc2c(c1)CCCN2Cc1cnc(Cl)cc1Cl. The molecule has 3 rings (SSSR count). The van der Waals surface area contributed by atoms with Crippen LogP contribution in [0.1, 0.15) is 23.1 Å². The summed E-state index contributed by atoms with van der Waals surface area (Å²) in [6, 6.07) is 8.36. The Bertz CT molecular complexity index is 640. The third kappa shape index (κ3) is 2.77. The number of rotatable bonds is 2. The van der Waals surface area contributed by atoms with Gasteiger partial charge in [0.15, 0.2) is 0 Å². The Kier molecular flexibility index (Phi) is 3.86. The molecule has 1 aromatic carbocycles. The average molecular weight is 307 g/mol. The van der Waals surface area contributed by atoms with E-state index >= 15 is 0 Å². The molecule has 0 saturated heterocycles. The van der Waals surface area contributed by atoms with Crippen LogP contribution in [0.2, 0.25) is 10.2 Å².